The lowest BCUT2D eigenvalue weighted by Gasteiger charge is -2.28. The number of amides is 1. The molecular weight excluding hydrogens is 458 g/mol. The fourth-order valence-electron chi connectivity index (χ4n) is 3.70. The summed E-state index contributed by atoms with van der Waals surface area (Å²) >= 11 is 13.3. The number of halogens is 3. The van der Waals surface area contributed by atoms with Crippen LogP contribution in [0.2, 0.25) is 10.0 Å². The minimum absolute atomic E-state index is 0.0223. The Morgan fingerprint density at radius 3 is 2.58 bits per heavy atom. The molecule has 3 aromatic rings. The van der Waals surface area contributed by atoms with E-state index in [1.807, 2.05) is 24.3 Å². The maximum absolute atomic E-state index is 13.4. The van der Waals surface area contributed by atoms with Crippen LogP contribution in [0.25, 0.3) is 11.3 Å². The molecule has 31 heavy (non-hydrogen) atoms. The van der Waals surface area contributed by atoms with Gasteiger partial charge in [0.05, 0.1) is 15.7 Å². The molecule has 1 amide bonds. The van der Waals surface area contributed by atoms with E-state index in [1.165, 1.54) is 18.2 Å². The van der Waals surface area contributed by atoms with E-state index in [1.54, 1.807) is 11.3 Å². The van der Waals surface area contributed by atoms with Gasteiger partial charge in [0, 0.05) is 34.0 Å². The Morgan fingerprint density at radius 2 is 1.87 bits per heavy atom. The maximum atomic E-state index is 13.4. The van der Waals surface area contributed by atoms with Crippen molar-refractivity contribution in [1.82, 2.24) is 10.3 Å². The standard InChI is InChI=1S/C23H21Cl2FN2O2S/c24-16-5-1-14(2-6-16)21-13-31-23(28-21)15-3-7-17(8-4-15)27-22(29)12-30-18-9-10-19(25)20(26)11-18/h1-2,5-6,9-11,13,15,17H,3-4,7-8,12H2,(H,27,29). The van der Waals surface area contributed by atoms with Gasteiger partial charge in [-0.1, -0.05) is 35.3 Å². The summed E-state index contributed by atoms with van der Waals surface area (Å²) in [6.45, 7) is -0.155. The quantitative estimate of drug-likeness (QED) is 0.441. The van der Waals surface area contributed by atoms with Gasteiger partial charge in [-0.3, -0.25) is 4.79 Å². The summed E-state index contributed by atoms with van der Waals surface area (Å²) in [5.74, 6) is -0.0918. The molecule has 0 saturated heterocycles. The first-order chi connectivity index (χ1) is 15.0. The molecule has 1 aliphatic rings. The lowest BCUT2D eigenvalue weighted by atomic mass is 9.86. The third kappa shape index (κ3) is 5.76. The summed E-state index contributed by atoms with van der Waals surface area (Å²) < 4.78 is 18.8. The predicted octanol–water partition coefficient (Wildman–Crippen LogP) is 6.48. The number of nitrogens with zero attached hydrogens (tertiary/aromatic N) is 1. The van der Waals surface area contributed by atoms with Gasteiger partial charge in [0.1, 0.15) is 11.6 Å². The first-order valence-corrected chi connectivity index (χ1v) is 11.7. The highest BCUT2D eigenvalue weighted by atomic mass is 35.5. The Kier molecular flexibility index (Phi) is 7.10. The summed E-state index contributed by atoms with van der Waals surface area (Å²) in [4.78, 5) is 17.0. The Morgan fingerprint density at radius 1 is 1.13 bits per heavy atom. The molecule has 0 aliphatic heterocycles. The van der Waals surface area contributed by atoms with Gasteiger partial charge in [-0.2, -0.15) is 0 Å². The topological polar surface area (TPSA) is 51.2 Å². The van der Waals surface area contributed by atoms with Crippen molar-refractivity contribution in [3.63, 3.8) is 0 Å². The Bertz CT molecular complexity index is 1050. The van der Waals surface area contributed by atoms with Gasteiger partial charge >= 0.3 is 0 Å². The van der Waals surface area contributed by atoms with Crippen molar-refractivity contribution in [2.75, 3.05) is 6.61 Å². The lowest BCUT2D eigenvalue weighted by Crippen LogP contribution is -2.39. The number of hydrogen-bond donors (Lipinski definition) is 1. The second-order valence-electron chi connectivity index (χ2n) is 7.56. The number of carbonyl (C=O) groups is 1. The van der Waals surface area contributed by atoms with Crippen molar-refractivity contribution < 1.29 is 13.9 Å². The second-order valence-corrected chi connectivity index (χ2v) is 9.29. The minimum atomic E-state index is -0.570. The molecule has 1 aromatic heterocycles. The number of ether oxygens (including phenoxy) is 1. The maximum Gasteiger partial charge on any atom is 0.258 e. The van der Waals surface area contributed by atoms with Crippen molar-refractivity contribution in [2.24, 2.45) is 0 Å². The number of nitrogens with one attached hydrogen (secondary N) is 1. The Labute approximate surface area is 194 Å². The van der Waals surface area contributed by atoms with Crippen LogP contribution < -0.4 is 10.1 Å². The highest BCUT2D eigenvalue weighted by Crippen LogP contribution is 2.36. The van der Waals surface area contributed by atoms with Crippen molar-refractivity contribution in [3.8, 4) is 17.0 Å². The van der Waals surface area contributed by atoms with Gasteiger partial charge < -0.3 is 10.1 Å². The van der Waals surface area contributed by atoms with E-state index >= 15 is 0 Å². The molecule has 8 heteroatoms. The van der Waals surface area contributed by atoms with Crippen LogP contribution in [0.4, 0.5) is 4.39 Å². The molecular formula is C23H21Cl2FN2O2S. The van der Waals surface area contributed by atoms with Gasteiger partial charge in [0.15, 0.2) is 6.61 Å². The van der Waals surface area contributed by atoms with Gasteiger partial charge in [-0.25, -0.2) is 9.37 Å². The van der Waals surface area contributed by atoms with Crippen molar-refractivity contribution in [2.45, 2.75) is 37.6 Å². The van der Waals surface area contributed by atoms with Crippen molar-refractivity contribution in [3.05, 3.63) is 68.7 Å². The molecule has 0 spiro atoms. The molecule has 1 fully saturated rings. The monoisotopic (exact) mass is 478 g/mol. The van der Waals surface area contributed by atoms with Crippen LogP contribution in [0.5, 0.6) is 5.75 Å². The van der Waals surface area contributed by atoms with E-state index in [4.69, 9.17) is 32.9 Å². The number of thiazole rings is 1. The van der Waals surface area contributed by atoms with Crippen LogP contribution in [-0.2, 0) is 4.79 Å². The van der Waals surface area contributed by atoms with Crippen LogP contribution in [0.15, 0.2) is 47.8 Å². The van der Waals surface area contributed by atoms with E-state index in [-0.39, 0.29) is 29.3 Å². The van der Waals surface area contributed by atoms with Gasteiger partial charge in [0.2, 0.25) is 0 Å². The number of aromatic nitrogens is 1. The molecule has 1 heterocycles. The van der Waals surface area contributed by atoms with Crippen molar-refractivity contribution in [1.29, 1.82) is 0 Å². The molecule has 1 N–H and O–H groups in total. The van der Waals surface area contributed by atoms with Gasteiger partial charge in [0.25, 0.3) is 5.91 Å². The molecule has 4 rings (SSSR count). The van der Waals surface area contributed by atoms with Crippen LogP contribution in [-0.4, -0.2) is 23.5 Å². The largest absolute Gasteiger partial charge is 0.484 e. The molecule has 0 unspecified atom stereocenters. The molecule has 0 radical (unpaired) electrons. The summed E-state index contributed by atoms with van der Waals surface area (Å²) in [5, 5.41) is 6.97. The zero-order valence-corrected chi connectivity index (χ0v) is 18.9. The first-order valence-electron chi connectivity index (χ1n) is 10.1. The molecule has 1 saturated carbocycles. The zero-order chi connectivity index (χ0) is 21.8. The summed E-state index contributed by atoms with van der Waals surface area (Å²) in [6, 6.07) is 11.9. The van der Waals surface area contributed by atoms with Crippen molar-refractivity contribution >= 4 is 40.4 Å². The SMILES string of the molecule is O=C(COc1ccc(Cl)c(F)c1)NC1CCC(c2nc(-c3ccc(Cl)cc3)cs2)CC1. The average Bonchev–Trinajstić information content (AvgIpc) is 3.26. The highest BCUT2D eigenvalue weighted by Gasteiger charge is 2.25. The van der Waals surface area contributed by atoms with E-state index in [0.29, 0.717) is 10.9 Å². The zero-order valence-electron chi connectivity index (χ0n) is 16.6. The summed E-state index contributed by atoms with van der Waals surface area (Å²) in [6.07, 6.45) is 3.73. The Balaban J connectivity index is 1.24. The lowest BCUT2D eigenvalue weighted by molar-refractivity contribution is -0.124. The summed E-state index contributed by atoms with van der Waals surface area (Å²) in [5.41, 5.74) is 2.04. The predicted molar refractivity (Wildman–Crippen MR) is 123 cm³/mol. The summed E-state index contributed by atoms with van der Waals surface area (Å²) in [7, 11) is 0. The number of carbonyl (C=O) groups excluding carboxylic acids is 1. The minimum Gasteiger partial charge on any atom is -0.484 e. The normalized spacial score (nSPS) is 18.5. The smallest absolute Gasteiger partial charge is 0.258 e. The van der Waals surface area contributed by atoms with Crippen LogP contribution in [0, 0.1) is 5.82 Å². The first kappa shape index (κ1) is 22.1. The number of benzene rings is 2. The molecule has 1 aliphatic carbocycles. The van der Waals surface area contributed by atoms with Crippen LogP contribution in [0.1, 0.15) is 36.6 Å². The van der Waals surface area contributed by atoms with E-state index in [9.17, 15) is 9.18 Å². The van der Waals surface area contributed by atoms with E-state index < -0.39 is 5.82 Å². The van der Waals surface area contributed by atoms with Gasteiger partial charge in [-0.05, 0) is 49.9 Å². The molecule has 0 bridgehead atoms. The molecule has 2 aromatic carbocycles. The average molecular weight is 479 g/mol. The fourth-order valence-corrected chi connectivity index (χ4v) is 4.94. The second kappa shape index (κ2) is 9.98. The van der Waals surface area contributed by atoms with Gasteiger partial charge in [-0.15, -0.1) is 11.3 Å². The third-order valence-electron chi connectivity index (χ3n) is 5.36. The van der Waals surface area contributed by atoms with Crippen LogP contribution >= 0.6 is 34.5 Å². The molecule has 0 atom stereocenters. The van der Waals surface area contributed by atoms with Crippen LogP contribution in [0.3, 0.4) is 0 Å². The molecule has 162 valence electrons. The number of hydrogen-bond acceptors (Lipinski definition) is 4. The third-order valence-corrected chi connectivity index (χ3v) is 6.93. The van der Waals surface area contributed by atoms with E-state index in [2.05, 4.69) is 10.7 Å². The molecule has 4 nitrogen and oxygen atoms in total. The number of rotatable bonds is 6. The van der Waals surface area contributed by atoms with E-state index in [0.717, 1.165) is 41.9 Å². The fraction of sp³-hybridized carbons (Fsp3) is 0.304. The highest BCUT2D eigenvalue weighted by molar-refractivity contribution is 7.10. The Hall–Kier alpha value is -2.15.